The van der Waals surface area contributed by atoms with Crippen molar-refractivity contribution in [3.8, 4) is 28.7 Å². The summed E-state index contributed by atoms with van der Waals surface area (Å²) in [6.07, 6.45) is -0.884. The molecular weight excluding hydrogens is 392 g/mol. The molecule has 0 fully saturated rings. The van der Waals surface area contributed by atoms with Crippen molar-refractivity contribution < 1.29 is 38.3 Å². The summed E-state index contributed by atoms with van der Waals surface area (Å²) in [6.45, 7) is 0.144. The van der Waals surface area contributed by atoms with Crippen LogP contribution in [0.4, 0.5) is 0 Å². The van der Waals surface area contributed by atoms with Gasteiger partial charge in [-0.3, -0.25) is 0 Å². The lowest BCUT2D eigenvalue weighted by Gasteiger charge is -2.28. The van der Waals surface area contributed by atoms with E-state index >= 15 is 0 Å². The normalized spacial score (nSPS) is 21.1. The molecule has 0 spiro atoms. The standard InChI is InChI=1S/C22H20O8/c1-25-16-6-11(7-17(26-2)20(16)27-3)18-12-8-15-14(28-9-29-15)5-10(12)4-13-19(18)22(24)30-21(13)23/h5-8,18,21,23H,4,9H2,1-3H3/t18-,21?/m1/s1. The lowest BCUT2D eigenvalue weighted by Crippen LogP contribution is -2.19. The Morgan fingerprint density at radius 2 is 1.63 bits per heavy atom. The number of cyclic esters (lactones) is 1. The van der Waals surface area contributed by atoms with Gasteiger partial charge in [0.15, 0.2) is 23.0 Å². The van der Waals surface area contributed by atoms with Crippen LogP contribution in [0.1, 0.15) is 22.6 Å². The number of hydrogen-bond acceptors (Lipinski definition) is 8. The Morgan fingerprint density at radius 3 is 2.27 bits per heavy atom. The number of carbonyl (C=O) groups excluding carboxylic acids is 1. The average Bonchev–Trinajstić information content (AvgIpc) is 3.32. The van der Waals surface area contributed by atoms with E-state index in [1.165, 1.54) is 21.3 Å². The van der Waals surface area contributed by atoms with Gasteiger partial charge in [0.1, 0.15) is 0 Å². The fourth-order valence-corrected chi connectivity index (χ4v) is 4.38. The smallest absolute Gasteiger partial charge is 0.337 e. The summed E-state index contributed by atoms with van der Waals surface area (Å²) in [4.78, 5) is 12.7. The molecule has 0 radical (unpaired) electrons. The number of carbonyl (C=O) groups is 1. The lowest BCUT2D eigenvalue weighted by atomic mass is 9.75. The molecule has 2 aromatic carbocycles. The maximum atomic E-state index is 12.7. The van der Waals surface area contributed by atoms with Crippen molar-refractivity contribution in [3.05, 3.63) is 52.1 Å². The van der Waals surface area contributed by atoms with Gasteiger partial charge in [-0.05, 0) is 41.0 Å². The van der Waals surface area contributed by atoms with Crippen molar-refractivity contribution in [1.82, 2.24) is 0 Å². The molecule has 1 N–H and O–H groups in total. The van der Waals surface area contributed by atoms with E-state index in [4.69, 9.17) is 28.4 Å². The van der Waals surface area contributed by atoms with Crippen LogP contribution < -0.4 is 23.7 Å². The van der Waals surface area contributed by atoms with Crippen LogP contribution >= 0.6 is 0 Å². The largest absolute Gasteiger partial charge is 0.493 e. The van der Waals surface area contributed by atoms with E-state index in [9.17, 15) is 9.90 Å². The zero-order chi connectivity index (χ0) is 21.0. The molecule has 156 valence electrons. The Bertz CT molecular complexity index is 1060. The van der Waals surface area contributed by atoms with Crippen LogP contribution in [0.15, 0.2) is 35.4 Å². The fourth-order valence-electron chi connectivity index (χ4n) is 4.38. The number of methoxy groups -OCH3 is 3. The Kier molecular flexibility index (Phi) is 4.25. The number of ether oxygens (including phenoxy) is 6. The first-order valence-corrected chi connectivity index (χ1v) is 9.40. The first-order valence-electron chi connectivity index (χ1n) is 9.40. The predicted octanol–water partition coefficient (Wildman–Crippen LogP) is 2.30. The number of rotatable bonds is 4. The average molecular weight is 412 g/mol. The molecule has 3 aliphatic rings. The molecule has 5 rings (SSSR count). The van der Waals surface area contributed by atoms with Crippen LogP contribution in [-0.4, -0.2) is 45.5 Å². The van der Waals surface area contributed by atoms with Gasteiger partial charge in [-0.25, -0.2) is 4.79 Å². The highest BCUT2D eigenvalue weighted by Crippen LogP contribution is 2.51. The second kappa shape index (κ2) is 6.84. The number of aliphatic hydroxyl groups is 1. The third kappa shape index (κ3) is 2.60. The predicted molar refractivity (Wildman–Crippen MR) is 103 cm³/mol. The van der Waals surface area contributed by atoms with Gasteiger partial charge in [-0.1, -0.05) is 0 Å². The Hall–Kier alpha value is -3.39. The summed E-state index contributed by atoms with van der Waals surface area (Å²) in [5.74, 6) is 1.59. The van der Waals surface area contributed by atoms with E-state index in [1.54, 1.807) is 12.1 Å². The molecule has 1 aliphatic carbocycles. The van der Waals surface area contributed by atoms with E-state index in [2.05, 4.69) is 0 Å². The minimum Gasteiger partial charge on any atom is -0.493 e. The van der Waals surface area contributed by atoms with Gasteiger partial charge in [0.05, 0.1) is 26.9 Å². The van der Waals surface area contributed by atoms with E-state index in [1.807, 2.05) is 12.1 Å². The molecule has 30 heavy (non-hydrogen) atoms. The molecule has 8 nitrogen and oxygen atoms in total. The molecule has 0 bridgehead atoms. The number of fused-ring (bicyclic) bond motifs is 2. The molecule has 2 atom stereocenters. The van der Waals surface area contributed by atoms with Crippen LogP contribution in [0.3, 0.4) is 0 Å². The van der Waals surface area contributed by atoms with Crippen LogP contribution in [-0.2, 0) is 16.0 Å². The summed E-state index contributed by atoms with van der Waals surface area (Å²) >= 11 is 0. The number of aliphatic hydroxyl groups excluding tert-OH is 1. The SMILES string of the molecule is COc1cc([C@H]2C3=C(Cc4cc5c(cc42)OCO5)C(O)OC3=O)cc(OC)c1OC. The van der Waals surface area contributed by atoms with Crippen molar-refractivity contribution in [2.45, 2.75) is 18.6 Å². The summed E-state index contributed by atoms with van der Waals surface area (Å²) < 4.78 is 32.6. The zero-order valence-electron chi connectivity index (χ0n) is 16.7. The molecule has 1 unspecified atom stereocenters. The zero-order valence-corrected chi connectivity index (χ0v) is 16.7. The third-order valence-electron chi connectivity index (χ3n) is 5.72. The first kappa shape index (κ1) is 18.6. The summed E-state index contributed by atoms with van der Waals surface area (Å²) in [7, 11) is 4.60. The Labute approximate surface area is 172 Å². The van der Waals surface area contributed by atoms with Gasteiger partial charge in [0, 0.05) is 17.9 Å². The first-order chi connectivity index (χ1) is 14.5. The second-order valence-electron chi connectivity index (χ2n) is 7.17. The van der Waals surface area contributed by atoms with E-state index in [0.29, 0.717) is 46.3 Å². The molecule has 2 aliphatic heterocycles. The number of esters is 1. The molecular formula is C22H20O8. The van der Waals surface area contributed by atoms with Gasteiger partial charge in [0.2, 0.25) is 18.8 Å². The minimum atomic E-state index is -1.27. The van der Waals surface area contributed by atoms with Gasteiger partial charge in [-0.2, -0.15) is 0 Å². The summed E-state index contributed by atoms with van der Waals surface area (Å²) in [5, 5.41) is 10.3. The summed E-state index contributed by atoms with van der Waals surface area (Å²) in [6, 6.07) is 7.37. The fraction of sp³-hybridized carbons (Fsp3) is 0.318. The van der Waals surface area contributed by atoms with Crippen LogP contribution in [0.5, 0.6) is 28.7 Å². The van der Waals surface area contributed by atoms with Crippen molar-refractivity contribution in [2.24, 2.45) is 0 Å². The molecule has 0 saturated carbocycles. The van der Waals surface area contributed by atoms with E-state index < -0.39 is 18.2 Å². The van der Waals surface area contributed by atoms with Gasteiger partial charge in [0.25, 0.3) is 0 Å². The van der Waals surface area contributed by atoms with Crippen LogP contribution in [0.2, 0.25) is 0 Å². The molecule has 8 heteroatoms. The number of hydrogen-bond donors (Lipinski definition) is 1. The van der Waals surface area contributed by atoms with E-state index in [0.717, 1.165) is 16.7 Å². The van der Waals surface area contributed by atoms with Gasteiger partial charge < -0.3 is 33.5 Å². The quantitative estimate of drug-likeness (QED) is 0.765. The molecule has 2 aromatic rings. The highest BCUT2D eigenvalue weighted by molar-refractivity contribution is 5.96. The Morgan fingerprint density at radius 1 is 0.967 bits per heavy atom. The number of benzene rings is 2. The molecule has 2 heterocycles. The Balaban J connectivity index is 1.76. The van der Waals surface area contributed by atoms with Crippen LogP contribution in [0.25, 0.3) is 0 Å². The highest BCUT2D eigenvalue weighted by atomic mass is 16.7. The van der Waals surface area contributed by atoms with Crippen molar-refractivity contribution in [3.63, 3.8) is 0 Å². The topological polar surface area (TPSA) is 92.7 Å². The van der Waals surface area contributed by atoms with Crippen molar-refractivity contribution >= 4 is 5.97 Å². The molecule has 0 aromatic heterocycles. The molecule has 0 amide bonds. The minimum absolute atomic E-state index is 0.144. The van der Waals surface area contributed by atoms with Gasteiger partial charge >= 0.3 is 5.97 Å². The third-order valence-corrected chi connectivity index (χ3v) is 5.72. The van der Waals surface area contributed by atoms with Crippen LogP contribution in [0, 0.1) is 0 Å². The van der Waals surface area contributed by atoms with Gasteiger partial charge in [-0.15, -0.1) is 0 Å². The lowest BCUT2D eigenvalue weighted by molar-refractivity contribution is -0.152. The maximum absolute atomic E-state index is 12.7. The van der Waals surface area contributed by atoms with Crippen molar-refractivity contribution in [1.29, 1.82) is 0 Å². The summed E-state index contributed by atoms with van der Waals surface area (Å²) in [5.41, 5.74) is 3.50. The highest BCUT2D eigenvalue weighted by Gasteiger charge is 2.43. The molecule has 0 saturated heterocycles. The second-order valence-corrected chi connectivity index (χ2v) is 7.17. The van der Waals surface area contributed by atoms with Crippen molar-refractivity contribution in [2.75, 3.05) is 28.1 Å². The van der Waals surface area contributed by atoms with E-state index in [-0.39, 0.29) is 6.79 Å². The maximum Gasteiger partial charge on any atom is 0.337 e. The monoisotopic (exact) mass is 412 g/mol.